The average molecular weight is 278 g/mol. The van der Waals surface area contributed by atoms with Gasteiger partial charge in [-0.1, -0.05) is 39.0 Å². The van der Waals surface area contributed by atoms with E-state index in [4.69, 9.17) is 0 Å². The summed E-state index contributed by atoms with van der Waals surface area (Å²) in [6.45, 7) is 6.50. The van der Waals surface area contributed by atoms with E-state index in [9.17, 15) is 0 Å². The van der Waals surface area contributed by atoms with E-state index in [-0.39, 0.29) is 0 Å². The van der Waals surface area contributed by atoms with Crippen molar-refractivity contribution >= 4 is 0 Å². The Bertz CT molecular complexity index is 279. The van der Waals surface area contributed by atoms with Crippen LogP contribution in [0.15, 0.2) is 0 Å². The monoisotopic (exact) mass is 278 g/mol. The highest BCUT2D eigenvalue weighted by Crippen LogP contribution is 2.27. The highest BCUT2D eigenvalue weighted by atomic mass is 15.2. The normalized spacial score (nSPS) is 34.6. The van der Waals surface area contributed by atoms with Crippen LogP contribution in [0.25, 0.3) is 0 Å². The Morgan fingerprint density at radius 2 is 1.55 bits per heavy atom. The number of likely N-dealkylation sites (tertiary alicyclic amines) is 1. The number of nitrogens with zero attached hydrogens (tertiary/aromatic N) is 1. The molecule has 2 unspecified atom stereocenters. The summed E-state index contributed by atoms with van der Waals surface area (Å²) in [6, 6.07) is 1.60. The molecule has 20 heavy (non-hydrogen) atoms. The van der Waals surface area contributed by atoms with E-state index in [1.54, 1.807) is 0 Å². The summed E-state index contributed by atoms with van der Waals surface area (Å²) in [7, 11) is 0. The van der Waals surface area contributed by atoms with Crippen LogP contribution in [0.4, 0.5) is 0 Å². The molecule has 1 aliphatic heterocycles. The van der Waals surface area contributed by atoms with E-state index in [1.165, 1.54) is 83.8 Å². The molecule has 116 valence electrons. The van der Waals surface area contributed by atoms with Crippen molar-refractivity contribution in [1.29, 1.82) is 0 Å². The van der Waals surface area contributed by atoms with E-state index in [1.807, 2.05) is 0 Å². The smallest absolute Gasteiger partial charge is 0.0200 e. The van der Waals surface area contributed by atoms with E-state index in [2.05, 4.69) is 17.1 Å². The van der Waals surface area contributed by atoms with Crippen molar-refractivity contribution < 1.29 is 0 Å². The summed E-state index contributed by atoms with van der Waals surface area (Å²) < 4.78 is 0. The third-order valence-corrected chi connectivity index (χ3v) is 5.80. The summed E-state index contributed by atoms with van der Waals surface area (Å²) in [5.74, 6) is 1.88. The molecule has 3 fully saturated rings. The molecule has 0 aromatic rings. The van der Waals surface area contributed by atoms with Gasteiger partial charge in [-0.25, -0.2) is 0 Å². The van der Waals surface area contributed by atoms with Gasteiger partial charge in [0.25, 0.3) is 0 Å². The molecule has 2 nitrogen and oxygen atoms in total. The first-order valence-electron chi connectivity index (χ1n) is 9.28. The first-order valence-corrected chi connectivity index (χ1v) is 9.28. The van der Waals surface area contributed by atoms with Crippen molar-refractivity contribution in [3.63, 3.8) is 0 Å². The lowest BCUT2D eigenvalue weighted by molar-refractivity contribution is 0.114. The zero-order valence-corrected chi connectivity index (χ0v) is 13.4. The highest BCUT2D eigenvalue weighted by Gasteiger charge is 2.28. The minimum atomic E-state index is 0.769. The maximum atomic E-state index is 3.97. The Kier molecular flexibility index (Phi) is 5.39. The second-order valence-electron chi connectivity index (χ2n) is 7.91. The molecule has 1 saturated heterocycles. The number of nitrogens with one attached hydrogen (secondary N) is 1. The lowest BCUT2D eigenvalue weighted by Crippen LogP contribution is -2.52. The number of hydrogen-bond acceptors (Lipinski definition) is 2. The quantitative estimate of drug-likeness (QED) is 0.841. The Morgan fingerprint density at radius 3 is 2.30 bits per heavy atom. The summed E-state index contributed by atoms with van der Waals surface area (Å²) in [5, 5.41) is 3.97. The molecule has 1 heterocycles. The van der Waals surface area contributed by atoms with Crippen LogP contribution in [0, 0.1) is 11.8 Å². The van der Waals surface area contributed by atoms with E-state index in [0.717, 1.165) is 23.9 Å². The molecule has 0 bridgehead atoms. The zero-order chi connectivity index (χ0) is 13.8. The van der Waals surface area contributed by atoms with Gasteiger partial charge in [0.1, 0.15) is 0 Å². The van der Waals surface area contributed by atoms with Crippen molar-refractivity contribution in [1.82, 2.24) is 10.2 Å². The standard InChI is InChI=1S/C18H34N2/c1-15-11-18(19-17-9-5-6-10-17)14-20(12-15)13-16-7-3-2-4-8-16/h15-19H,2-14H2,1H3. The molecule has 1 N–H and O–H groups in total. The lowest BCUT2D eigenvalue weighted by atomic mass is 9.87. The van der Waals surface area contributed by atoms with Crippen LogP contribution in [0.2, 0.25) is 0 Å². The summed E-state index contributed by atoms with van der Waals surface area (Å²) in [5.41, 5.74) is 0. The molecule has 0 aromatic heterocycles. The number of rotatable bonds is 4. The second-order valence-corrected chi connectivity index (χ2v) is 7.91. The fourth-order valence-corrected chi connectivity index (χ4v) is 4.89. The molecule has 3 rings (SSSR count). The molecular weight excluding hydrogens is 244 g/mol. The van der Waals surface area contributed by atoms with Crippen molar-refractivity contribution in [3.8, 4) is 0 Å². The summed E-state index contributed by atoms with van der Waals surface area (Å²) >= 11 is 0. The van der Waals surface area contributed by atoms with E-state index in [0.29, 0.717) is 0 Å². The lowest BCUT2D eigenvalue weighted by Gasteiger charge is -2.40. The van der Waals surface area contributed by atoms with Crippen LogP contribution in [0.5, 0.6) is 0 Å². The van der Waals surface area contributed by atoms with Crippen molar-refractivity contribution in [2.75, 3.05) is 19.6 Å². The predicted molar refractivity (Wildman–Crippen MR) is 86.0 cm³/mol. The van der Waals surface area contributed by atoms with Crippen LogP contribution < -0.4 is 5.32 Å². The minimum Gasteiger partial charge on any atom is -0.310 e. The Morgan fingerprint density at radius 1 is 0.850 bits per heavy atom. The molecule has 3 aliphatic rings. The fourth-order valence-electron chi connectivity index (χ4n) is 4.89. The molecule has 2 saturated carbocycles. The van der Waals surface area contributed by atoms with Crippen LogP contribution in [-0.2, 0) is 0 Å². The molecule has 0 spiro atoms. The maximum absolute atomic E-state index is 3.97. The SMILES string of the molecule is CC1CC(NC2CCCC2)CN(CC2CCCCC2)C1. The number of hydrogen-bond donors (Lipinski definition) is 1. The predicted octanol–water partition coefficient (Wildman–Crippen LogP) is 3.81. The van der Waals surface area contributed by atoms with Crippen molar-refractivity contribution in [3.05, 3.63) is 0 Å². The summed E-state index contributed by atoms with van der Waals surface area (Å²) in [4.78, 5) is 2.79. The van der Waals surface area contributed by atoms with Gasteiger partial charge in [0.05, 0.1) is 0 Å². The van der Waals surface area contributed by atoms with Crippen LogP contribution in [0.3, 0.4) is 0 Å². The third kappa shape index (κ3) is 4.21. The van der Waals surface area contributed by atoms with Gasteiger partial charge in [0.15, 0.2) is 0 Å². The molecule has 0 radical (unpaired) electrons. The Labute approximate surface area is 125 Å². The molecule has 2 atom stereocenters. The van der Waals surface area contributed by atoms with Gasteiger partial charge in [0.2, 0.25) is 0 Å². The summed E-state index contributed by atoms with van der Waals surface area (Å²) in [6.07, 6.45) is 14.6. The van der Waals surface area contributed by atoms with Crippen LogP contribution >= 0.6 is 0 Å². The topological polar surface area (TPSA) is 15.3 Å². The largest absolute Gasteiger partial charge is 0.310 e. The van der Waals surface area contributed by atoms with Gasteiger partial charge in [-0.15, -0.1) is 0 Å². The first-order chi connectivity index (χ1) is 9.79. The average Bonchev–Trinajstić information content (AvgIpc) is 2.92. The van der Waals surface area contributed by atoms with Crippen LogP contribution in [-0.4, -0.2) is 36.6 Å². The van der Waals surface area contributed by atoms with Gasteiger partial charge >= 0.3 is 0 Å². The van der Waals surface area contributed by atoms with Gasteiger partial charge in [-0.3, -0.25) is 0 Å². The van der Waals surface area contributed by atoms with E-state index < -0.39 is 0 Å². The van der Waals surface area contributed by atoms with Gasteiger partial charge in [-0.05, 0) is 43.9 Å². The molecule has 0 amide bonds. The van der Waals surface area contributed by atoms with Crippen molar-refractivity contribution in [2.24, 2.45) is 11.8 Å². The van der Waals surface area contributed by atoms with Crippen LogP contribution in [0.1, 0.15) is 71.1 Å². The highest BCUT2D eigenvalue weighted by molar-refractivity contribution is 4.87. The number of piperidine rings is 1. The first kappa shape index (κ1) is 14.8. The van der Waals surface area contributed by atoms with Gasteiger partial charge in [0, 0.05) is 31.7 Å². The fraction of sp³-hybridized carbons (Fsp3) is 1.00. The van der Waals surface area contributed by atoms with Gasteiger partial charge in [-0.2, -0.15) is 0 Å². The molecule has 2 aliphatic carbocycles. The Balaban J connectivity index is 1.47. The second kappa shape index (κ2) is 7.26. The van der Waals surface area contributed by atoms with Gasteiger partial charge < -0.3 is 10.2 Å². The minimum absolute atomic E-state index is 0.769. The zero-order valence-electron chi connectivity index (χ0n) is 13.4. The van der Waals surface area contributed by atoms with Crippen molar-refractivity contribution in [2.45, 2.75) is 83.2 Å². The molecule has 2 heteroatoms. The molecule has 0 aromatic carbocycles. The molecular formula is C18H34N2. The third-order valence-electron chi connectivity index (χ3n) is 5.80. The maximum Gasteiger partial charge on any atom is 0.0200 e. The Hall–Kier alpha value is -0.0800. The van der Waals surface area contributed by atoms with E-state index >= 15 is 0 Å².